The van der Waals surface area contributed by atoms with Crippen molar-refractivity contribution in [3.8, 4) is 11.6 Å². The Bertz CT molecular complexity index is 877. The van der Waals surface area contributed by atoms with Crippen molar-refractivity contribution in [1.82, 2.24) is 4.98 Å². The Balaban J connectivity index is 1.92. The fourth-order valence-corrected chi connectivity index (χ4v) is 2.41. The molecule has 1 saturated heterocycles. The third-order valence-corrected chi connectivity index (χ3v) is 3.58. The van der Waals surface area contributed by atoms with Crippen LogP contribution in [0.5, 0.6) is 11.6 Å². The highest BCUT2D eigenvalue weighted by Gasteiger charge is 2.35. The van der Waals surface area contributed by atoms with Crippen LogP contribution in [0.15, 0.2) is 36.2 Å². The summed E-state index contributed by atoms with van der Waals surface area (Å²) in [6, 6.07) is 4.82. The van der Waals surface area contributed by atoms with Crippen LogP contribution in [0.3, 0.4) is 0 Å². The van der Waals surface area contributed by atoms with Crippen molar-refractivity contribution in [1.29, 1.82) is 0 Å². The summed E-state index contributed by atoms with van der Waals surface area (Å²) in [5.74, 6) is -3.89. The van der Waals surface area contributed by atoms with Gasteiger partial charge in [-0.3, -0.25) is 4.79 Å². The smallest absolute Gasteiger partial charge is 0.301 e. The minimum atomic E-state index is -1.16. The maximum absolute atomic E-state index is 13.4. The summed E-state index contributed by atoms with van der Waals surface area (Å²) in [7, 11) is 1.45. The average molecular weight is 364 g/mol. The first kappa shape index (κ1) is 16.8. The summed E-state index contributed by atoms with van der Waals surface area (Å²) in [6.07, 6.45) is 2.49. The minimum Gasteiger partial charge on any atom is -0.503 e. The van der Waals surface area contributed by atoms with Gasteiger partial charge in [0, 0.05) is 6.07 Å². The third-order valence-electron chi connectivity index (χ3n) is 3.32. The molecule has 1 N–H and O–H groups in total. The molecule has 1 aromatic carbocycles. The standard InChI is InChI=1S/C16H10F2N2O4S/c1-23-13-3-2-9(7-19-13)20-15(22)12(24-16(20)25)6-8-4-10(17)14(21)11(18)5-8/h2-7,21H,1H3/b12-6+. The molecule has 2 heterocycles. The molecule has 25 heavy (non-hydrogen) atoms. The first-order valence-corrected chi connectivity index (χ1v) is 7.27. The molecule has 2 aromatic rings. The van der Waals surface area contributed by atoms with Crippen molar-refractivity contribution in [3.63, 3.8) is 0 Å². The molecular formula is C16H10F2N2O4S. The van der Waals surface area contributed by atoms with Gasteiger partial charge in [0.2, 0.25) is 5.88 Å². The van der Waals surface area contributed by atoms with Gasteiger partial charge in [-0.2, -0.15) is 0 Å². The third kappa shape index (κ3) is 3.13. The summed E-state index contributed by atoms with van der Waals surface area (Å²) < 4.78 is 36.9. The second-order valence-corrected chi connectivity index (χ2v) is 5.26. The Labute approximate surface area is 145 Å². The van der Waals surface area contributed by atoms with Gasteiger partial charge in [-0.1, -0.05) is 0 Å². The molecule has 128 valence electrons. The molecule has 0 saturated carbocycles. The normalized spacial score (nSPS) is 15.6. The fraction of sp³-hybridized carbons (Fsp3) is 0.0625. The number of hydrogen-bond acceptors (Lipinski definition) is 6. The molecule has 0 radical (unpaired) electrons. The zero-order valence-corrected chi connectivity index (χ0v) is 13.5. The van der Waals surface area contributed by atoms with Crippen LogP contribution in [0, 0.1) is 11.6 Å². The number of nitrogens with zero attached hydrogens (tertiary/aromatic N) is 2. The maximum atomic E-state index is 13.4. The number of pyridine rings is 1. The Hall–Kier alpha value is -3.07. The lowest BCUT2D eigenvalue weighted by atomic mass is 10.1. The lowest BCUT2D eigenvalue weighted by molar-refractivity contribution is -0.114. The second kappa shape index (κ2) is 6.44. The molecule has 1 aliphatic heterocycles. The summed E-state index contributed by atoms with van der Waals surface area (Å²) in [5.41, 5.74) is 0.343. The number of carbonyl (C=O) groups excluding carboxylic acids is 1. The predicted molar refractivity (Wildman–Crippen MR) is 88.0 cm³/mol. The number of methoxy groups -OCH3 is 1. The van der Waals surface area contributed by atoms with Crippen LogP contribution in [0.2, 0.25) is 0 Å². The van der Waals surface area contributed by atoms with Gasteiger partial charge < -0.3 is 14.6 Å². The van der Waals surface area contributed by atoms with Gasteiger partial charge in [0.1, 0.15) is 0 Å². The van der Waals surface area contributed by atoms with Crippen LogP contribution < -0.4 is 9.64 Å². The number of aromatic nitrogens is 1. The number of phenols is 1. The molecule has 1 amide bonds. The fourth-order valence-electron chi connectivity index (χ4n) is 2.14. The second-order valence-electron chi connectivity index (χ2n) is 4.91. The van der Waals surface area contributed by atoms with E-state index in [0.717, 1.165) is 23.1 Å². The van der Waals surface area contributed by atoms with Gasteiger partial charge in [-0.05, 0) is 42.1 Å². The van der Waals surface area contributed by atoms with Crippen LogP contribution in [0.4, 0.5) is 14.5 Å². The monoisotopic (exact) mass is 364 g/mol. The molecular weight excluding hydrogens is 354 g/mol. The highest BCUT2D eigenvalue weighted by molar-refractivity contribution is 7.80. The number of rotatable bonds is 3. The Kier molecular flexibility index (Phi) is 4.32. The van der Waals surface area contributed by atoms with Crippen molar-refractivity contribution >= 4 is 35.1 Å². The van der Waals surface area contributed by atoms with Gasteiger partial charge in [0.15, 0.2) is 23.1 Å². The molecule has 0 bridgehead atoms. The van der Waals surface area contributed by atoms with Crippen LogP contribution in [0.25, 0.3) is 6.08 Å². The van der Waals surface area contributed by atoms with E-state index in [-0.39, 0.29) is 16.5 Å². The molecule has 1 aromatic heterocycles. The zero-order chi connectivity index (χ0) is 18.1. The van der Waals surface area contributed by atoms with Gasteiger partial charge >= 0.3 is 5.91 Å². The van der Waals surface area contributed by atoms with E-state index in [4.69, 9.17) is 26.8 Å². The lowest BCUT2D eigenvalue weighted by Gasteiger charge is -2.11. The number of ether oxygens (including phenoxy) is 2. The van der Waals surface area contributed by atoms with Gasteiger partial charge in [-0.25, -0.2) is 18.7 Å². The van der Waals surface area contributed by atoms with E-state index in [9.17, 15) is 13.6 Å². The molecule has 0 aliphatic carbocycles. The summed E-state index contributed by atoms with van der Waals surface area (Å²) in [5, 5.41) is 8.95. The highest BCUT2D eigenvalue weighted by atomic mass is 32.1. The number of anilines is 1. The quantitative estimate of drug-likeness (QED) is 0.667. The summed E-state index contributed by atoms with van der Waals surface area (Å²) in [6.45, 7) is 0. The molecule has 0 atom stereocenters. The van der Waals surface area contributed by atoms with Crippen LogP contribution in [-0.4, -0.2) is 28.3 Å². The molecule has 1 fully saturated rings. The van der Waals surface area contributed by atoms with Gasteiger partial charge in [0.05, 0.1) is 19.0 Å². The topological polar surface area (TPSA) is 71.9 Å². The lowest BCUT2D eigenvalue weighted by Crippen LogP contribution is -2.28. The number of phenolic OH excluding ortho intramolecular Hbond substituents is 1. The SMILES string of the molecule is COc1ccc(N2C(=O)/C(=C\c3cc(F)c(O)c(F)c3)OC2=S)cn1. The number of hydrogen-bond donors (Lipinski definition) is 1. The summed E-state index contributed by atoms with van der Waals surface area (Å²) in [4.78, 5) is 17.5. The molecule has 0 spiro atoms. The molecule has 0 unspecified atom stereocenters. The number of thiocarbonyl (C=S) groups is 1. The average Bonchev–Trinajstić information content (AvgIpc) is 2.86. The summed E-state index contributed by atoms with van der Waals surface area (Å²) >= 11 is 5.02. The van der Waals surface area contributed by atoms with Crippen molar-refractivity contribution in [2.24, 2.45) is 0 Å². The molecule has 9 heteroatoms. The molecule has 3 rings (SSSR count). The highest BCUT2D eigenvalue weighted by Crippen LogP contribution is 2.28. The first-order chi connectivity index (χ1) is 11.9. The van der Waals surface area contributed by atoms with E-state index in [2.05, 4.69) is 4.98 Å². The largest absolute Gasteiger partial charge is 0.503 e. The zero-order valence-electron chi connectivity index (χ0n) is 12.7. The van der Waals surface area contributed by atoms with Crippen molar-refractivity contribution in [2.45, 2.75) is 0 Å². The van der Waals surface area contributed by atoms with Crippen LogP contribution >= 0.6 is 12.2 Å². The number of benzene rings is 1. The van der Waals surface area contributed by atoms with E-state index in [1.54, 1.807) is 6.07 Å². The van der Waals surface area contributed by atoms with Gasteiger partial charge in [0.25, 0.3) is 5.17 Å². The molecule has 1 aliphatic rings. The number of halogens is 2. The van der Waals surface area contributed by atoms with E-state index < -0.39 is 23.3 Å². The predicted octanol–water partition coefficient (Wildman–Crippen LogP) is 2.76. The van der Waals surface area contributed by atoms with Crippen molar-refractivity contribution in [2.75, 3.05) is 12.0 Å². The Morgan fingerprint density at radius 3 is 2.56 bits per heavy atom. The van der Waals surface area contributed by atoms with E-state index >= 15 is 0 Å². The number of amides is 1. The van der Waals surface area contributed by atoms with E-state index in [1.165, 1.54) is 19.4 Å². The maximum Gasteiger partial charge on any atom is 0.301 e. The van der Waals surface area contributed by atoms with Crippen molar-refractivity contribution < 1.29 is 28.2 Å². The van der Waals surface area contributed by atoms with E-state index in [1.807, 2.05) is 0 Å². The van der Waals surface area contributed by atoms with Crippen LogP contribution in [0.1, 0.15) is 5.56 Å². The van der Waals surface area contributed by atoms with Crippen molar-refractivity contribution in [3.05, 3.63) is 53.4 Å². The van der Waals surface area contributed by atoms with Gasteiger partial charge in [-0.15, -0.1) is 0 Å². The van der Waals surface area contributed by atoms with Crippen LogP contribution in [-0.2, 0) is 9.53 Å². The first-order valence-electron chi connectivity index (χ1n) is 6.86. The number of carbonyl (C=O) groups is 1. The molecule has 6 nitrogen and oxygen atoms in total. The number of aromatic hydroxyl groups is 1. The Morgan fingerprint density at radius 1 is 1.32 bits per heavy atom. The van der Waals surface area contributed by atoms with E-state index in [0.29, 0.717) is 11.6 Å². The Morgan fingerprint density at radius 2 is 2.00 bits per heavy atom. The minimum absolute atomic E-state index is 0.00587.